The van der Waals surface area contributed by atoms with E-state index in [4.69, 9.17) is 0 Å². The van der Waals surface area contributed by atoms with Gasteiger partial charge in [0.2, 0.25) is 0 Å². The molecule has 0 spiro atoms. The first kappa shape index (κ1) is 49.0. The van der Waals surface area contributed by atoms with Gasteiger partial charge < -0.3 is 18.9 Å². The van der Waals surface area contributed by atoms with Crippen molar-refractivity contribution in [1.82, 2.24) is 0 Å². The lowest BCUT2D eigenvalue weighted by atomic mass is 9.77. The number of ether oxygens (including phenoxy) is 4. The highest BCUT2D eigenvalue weighted by Gasteiger charge is 2.47. The lowest BCUT2D eigenvalue weighted by molar-refractivity contribution is -0.155. The molecule has 4 heterocycles. The molecule has 0 N–H and O–H groups in total. The highest BCUT2D eigenvalue weighted by molar-refractivity contribution is 6.14. The zero-order valence-electron chi connectivity index (χ0n) is 33.2. The van der Waals surface area contributed by atoms with Crippen molar-refractivity contribution < 1.29 is 57.3 Å². The van der Waals surface area contributed by atoms with E-state index >= 15 is 0 Å². The summed E-state index contributed by atoms with van der Waals surface area (Å²) in [4.78, 5) is 87.3. The van der Waals surface area contributed by atoms with Crippen LogP contribution in [0, 0.1) is 29.6 Å². The number of rotatable bonds is 1. The van der Waals surface area contributed by atoms with Crippen LogP contribution in [0.5, 0.6) is 0 Å². The Bertz CT molecular complexity index is 1560. The Hall–Kier alpha value is -5.00. The van der Waals surface area contributed by atoms with Crippen molar-refractivity contribution in [3.8, 4) is 0 Å². The molecule has 2 aliphatic carbocycles. The molecule has 0 aromatic heterocycles. The molecule has 5 unspecified atom stereocenters. The Labute approximate surface area is 331 Å². The van der Waals surface area contributed by atoms with Gasteiger partial charge in [-0.1, -0.05) is 124 Å². The Balaban J connectivity index is 0.000000351. The van der Waals surface area contributed by atoms with E-state index in [1.54, 1.807) is 24.3 Å². The number of hydrogen-bond acceptors (Lipinski definition) is 12. The van der Waals surface area contributed by atoms with E-state index in [0.717, 1.165) is 25.7 Å². The quantitative estimate of drug-likeness (QED) is 0.154. The number of benzene rings is 2. The fourth-order valence-electron chi connectivity index (χ4n) is 6.27. The van der Waals surface area contributed by atoms with Crippen molar-refractivity contribution in [2.45, 2.75) is 127 Å². The highest BCUT2D eigenvalue weighted by Crippen LogP contribution is 2.37. The summed E-state index contributed by atoms with van der Waals surface area (Å²) in [5.41, 5.74) is 3.06. The Morgan fingerprint density at radius 2 is 0.821 bits per heavy atom. The molecule has 0 radical (unpaired) electrons. The predicted octanol–water partition coefficient (Wildman–Crippen LogP) is 8.35. The summed E-state index contributed by atoms with van der Waals surface area (Å²) >= 11 is 0. The molecule has 12 heteroatoms. The van der Waals surface area contributed by atoms with Gasteiger partial charge in [-0.2, -0.15) is 0 Å². The third-order valence-corrected chi connectivity index (χ3v) is 8.87. The van der Waals surface area contributed by atoms with Gasteiger partial charge in [0.1, 0.15) is 0 Å². The highest BCUT2D eigenvalue weighted by atomic mass is 16.6. The second-order valence-electron chi connectivity index (χ2n) is 13.8. The first-order chi connectivity index (χ1) is 26.3. The molecule has 3 saturated heterocycles. The largest absolute Gasteiger partial charge is 0.393 e. The monoisotopic (exact) mass is 780 g/mol. The number of fused-ring (bicyclic) bond motifs is 4. The van der Waals surface area contributed by atoms with Gasteiger partial charge in [0, 0.05) is 0 Å². The minimum absolute atomic E-state index is 0. The molecule has 5 atom stereocenters. The van der Waals surface area contributed by atoms with E-state index in [-0.39, 0.29) is 79.3 Å². The molecule has 8 rings (SSSR count). The van der Waals surface area contributed by atoms with E-state index in [1.807, 2.05) is 31.2 Å². The van der Waals surface area contributed by atoms with E-state index in [2.05, 4.69) is 60.5 Å². The molecule has 4 fully saturated rings. The van der Waals surface area contributed by atoms with Gasteiger partial charge in [-0.25, -0.2) is 9.59 Å². The molecule has 6 aliphatic rings. The molecular weight excluding hydrogens is 720 g/mol. The van der Waals surface area contributed by atoms with Crippen LogP contribution in [0.15, 0.2) is 48.5 Å². The predicted molar refractivity (Wildman–Crippen MR) is 209 cm³/mol. The van der Waals surface area contributed by atoms with Crippen LogP contribution in [-0.4, -0.2) is 47.8 Å². The summed E-state index contributed by atoms with van der Waals surface area (Å²) in [5, 5.41) is 0. The lowest BCUT2D eigenvalue weighted by Gasteiger charge is -2.22. The summed E-state index contributed by atoms with van der Waals surface area (Å²) < 4.78 is 17.8. The molecule has 56 heavy (non-hydrogen) atoms. The Kier molecular flexibility index (Phi) is 22.1. The maximum Gasteiger partial charge on any atom is 0.346 e. The summed E-state index contributed by atoms with van der Waals surface area (Å²) in [6.07, 6.45) is 9.81. The maximum atomic E-state index is 11.4. The number of carbonyl (C=O) groups is 8. The average Bonchev–Trinajstić information content (AvgIpc) is 3.85. The normalized spacial score (nSPS) is 22.9. The van der Waals surface area contributed by atoms with Crippen molar-refractivity contribution in [2.75, 3.05) is 0 Å². The number of esters is 8. The van der Waals surface area contributed by atoms with E-state index in [9.17, 15) is 38.4 Å². The fourth-order valence-corrected chi connectivity index (χ4v) is 6.27. The van der Waals surface area contributed by atoms with Crippen molar-refractivity contribution in [2.24, 2.45) is 29.6 Å². The summed E-state index contributed by atoms with van der Waals surface area (Å²) in [6, 6.07) is 14.5. The molecule has 0 bridgehead atoms. The van der Waals surface area contributed by atoms with Gasteiger partial charge in [-0.05, 0) is 55.4 Å². The molecule has 2 aromatic carbocycles. The van der Waals surface area contributed by atoms with Crippen molar-refractivity contribution in [3.63, 3.8) is 0 Å². The van der Waals surface area contributed by atoms with Gasteiger partial charge >= 0.3 is 47.8 Å². The van der Waals surface area contributed by atoms with Crippen LogP contribution in [-0.2, 0) is 60.6 Å². The first-order valence-electron chi connectivity index (χ1n) is 19.5. The van der Waals surface area contributed by atoms with Gasteiger partial charge in [-0.15, -0.1) is 0 Å². The van der Waals surface area contributed by atoms with Crippen LogP contribution in [0.25, 0.3) is 0 Å². The summed E-state index contributed by atoms with van der Waals surface area (Å²) in [7, 11) is 0. The van der Waals surface area contributed by atoms with Gasteiger partial charge in [0.15, 0.2) is 0 Å². The van der Waals surface area contributed by atoms with Crippen LogP contribution in [0.4, 0.5) is 0 Å². The van der Waals surface area contributed by atoms with Crippen LogP contribution < -0.4 is 0 Å². The minimum Gasteiger partial charge on any atom is -0.393 e. The molecule has 2 aromatic rings. The van der Waals surface area contributed by atoms with Crippen LogP contribution in [0.3, 0.4) is 0 Å². The number of cyclic esters (lactones) is 8. The molecule has 1 saturated carbocycles. The van der Waals surface area contributed by atoms with Gasteiger partial charge in [0.05, 0.1) is 47.1 Å². The SMILES string of the molecule is C.CCC.CCC.CCC.CCC1CC(=O)OC1=O.O=C1OC(=O)C2CCCCC12.O=C1OC(=O)C2Cc3ccccc3CC12.O=C1OC(=O)c2ccccc21. The second-order valence-corrected chi connectivity index (χ2v) is 13.8. The summed E-state index contributed by atoms with van der Waals surface area (Å²) in [5.74, 6) is -3.98. The number of carbonyl (C=O) groups excluding carboxylic acids is 8. The zero-order chi connectivity index (χ0) is 41.1. The van der Waals surface area contributed by atoms with Crippen LogP contribution in [0.2, 0.25) is 0 Å². The minimum atomic E-state index is -0.550. The Morgan fingerprint density at radius 3 is 1.14 bits per heavy atom. The maximum absolute atomic E-state index is 11.4. The first-order valence-corrected chi connectivity index (χ1v) is 19.5. The molecule has 308 valence electrons. The summed E-state index contributed by atoms with van der Waals surface area (Å²) in [6.45, 7) is 14.6. The molecule has 0 amide bonds. The topological polar surface area (TPSA) is 173 Å². The van der Waals surface area contributed by atoms with E-state index < -0.39 is 11.9 Å². The van der Waals surface area contributed by atoms with E-state index in [0.29, 0.717) is 30.4 Å². The molecule has 4 aliphatic heterocycles. The van der Waals surface area contributed by atoms with Gasteiger partial charge in [0.25, 0.3) is 0 Å². The zero-order valence-corrected chi connectivity index (χ0v) is 33.2. The van der Waals surface area contributed by atoms with Crippen LogP contribution >= 0.6 is 0 Å². The van der Waals surface area contributed by atoms with Crippen molar-refractivity contribution >= 4 is 47.8 Å². The Morgan fingerprint density at radius 1 is 0.464 bits per heavy atom. The lowest BCUT2D eigenvalue weighted by Crippen LogP contribution is -2.27. The van der Waals surface area contributed by atoms with Crippen molar-refractivity contribution in [1.29, 1.82) is 0 Å². The van der Waals surface area contributed by atoms with E-state index in [1.165, 1.54) is 30.4 Å². The average molecular weight is 781 g/mol. The third-order valence-electron chi connectivity index (χ3n) is 8.87. The smallest absolute Gasteiger partial charge is 0.346 e. The molecular formula is C44H60O12. The second kappa shape index (κ2) is 25.2. The standard InChI is InChI=1S/C12H10O3.C8H10O3.C8H4O3.C6H8O3.3C3H8.CH4/c13-11-9-5-7-3-1-2-4-8(7)6-10(9)12(14)15-11;2*9-7-5-3-1-2-4-6(5)8(10)11-7;1-2-4-3-5(7)9-6(4)8;3*1-3-2;/h1-4,9-10H,5-6H2;5-6H,1-4H2;1-4H;4H,2-3H2,1H3;3*3H2,1-2H3;1H4. The number of hydrogen-bond donors (Lipinski definition) is 0. The fraction of sp³-hybridized carbons (Fsp3) is 0.545. The molecule has 12 nitrogen and oxygen atoms in total. The van der Waals surface area contributed by atoms with Crippen molar-refractivity contribution in [3.05, 3.63) is 70.8 Å². The van der Waals surface area contributed by atoms with Crippen LogP contribution in [0.1, 0.15) is 146 Å². The van der Waals surface area contributed by atoms with Gasteiger partial charge in [-0.3, -0.25) is 28.8 Å². The third kappa shape index (κ3) is 13.9.